The first kappa shape index (κ1) is 15.0. The summed E-state index contributed by atoms with van der Waals surface area (Å²) in [5.41, 5.74) is 7.35. The zero-order valence-corrected chi connectivity index (χ0v) is 11.6. The monoisotopic (exact) mass is 288 g/mol. The van der Waals surface area contributed by atoms with Gasteiger partial charge in [-0.25, -0.2) is 4.39 Å². The van der Waals surface area contributed by atoms with E-state index in [1.165, 1.54) is 0 Å². The Morgan fingerprint density at radius 3 is 2.57 bits per heavy atom. The fourth-order valence-electron chi connectivity index (χ4n) is 1.99. The molecule has 5 heteroatoms. The number of phenolic OH excluding ortho intramolecular Hbond substituents is 1. The quantitative estimate of drug-likeness (QED) is 0.809. The van der Waals surface area contributed by atoms with Gasteiger partial charge in [-0.3, -0.25) is 4.79 Å². The highest BCUT2D eigenvalue weighted by atomic mass is 19.1. The van der Waals surface area contributed by atoms with Gasteiger partial charge in [-0.15, -0.1) is 0 Å². The fourth-order valence-corrected chi connectivity index (χ4v) is 1.99. The number of amides is 1. The van der Waals surface area contributed by atoms with Crippen molar-refractivity contribution in [2.45, 2.75) is 19.5 Å². The molecule has 1 atom stereocenters. The van der Waals surface area contributed by atoms with Crippen LogP contribution < -0.4 is 11.1 Å². The highest BCUT2D eigenvalue weighted by Crippen LogP contribution is 2.20. The Balaban J connectivity index is 2.12. The first-order valence-corrected chi connectivity index (χ1v) is 6.59. The van der Waals surface area contributed by atoms with Crippen LogP contribution >= 0.6 is 0 Å². The van der Waals surface area contributed by atoms with Gasteiger partial charge in [0.1, 0.15) is 11.6 Å². The molecular weight excluding hydrogens is 271 g/mol. The summed E-state index contributed by atoms with van der Waals surface area (Å²) in [6, 6.07) is 10.5. The summed E-state index contributed by atoms with van der Waals surface area (Å²) in [7, 11) is 0. The number of hydrogen-bond acceptors (Lipinski definition) is 3. The Kier molecular flexibility index (Phi) is 4.55. The minimum atomic E-state index is -0.571. The van der Waals surface area contributed by atoms with E-state index >= 15 is 0 Å². The lowest BCUT2D eigenvalue weighted by atomic mass is 10.1. The SMILES string of the molecule is CC(NC(=O)c1cc(F)ccc1O)c1ccc(CN)cc1. The van der Waals surface area contributed by atoms with Crippen molar-refractivity contribution in [3.63, 3.8) is 0 Å². The molecule has 0 aliphatic heterocycles. The molecule has 4 nitrogen and oxygen atoms in total. The lowest BCUT2D eigenvalue weighted by Crippen LogP contribution is -2.26. The Morgan fingerprint density at radius 2 is 1.95 bits per heavy atom. The number of aromatic hydroxyl groups is 1. The summed E-state index contributed by atoms with van der Waals surface area (Å²) >= 11 is 0. The summed E-state index contributed by atoms with van der Waals surface area (Å²) in [6.07, 6.45) is 0. The molecule has 1 amide bonds. The van der Waals surface area contributed by atoms with Gasteiger partial charge in [0.2, 0.25) is 0 Å². The third-order valence-corrected chi connectivity index (χ3v) is 3.27. The van der Waals surface area contributed by atoms with Crippen molar-refractivity contribution in [2.24, 2.45) is 5.73 Å². The van der Waals surface area contributed by atoms with Gasteiger partial charge < -0.3 is 16.2 Å². The fraction of sp³-hybridized carbons (Fsp3) is 0.188. The normalized spacial score (nSPS) is 12.0. The van der Waals surface area contributed by atoms with E-state index < -0.39 is 11.7 Å². The van der Waals surface area contributed by atoms with Gasteiger partial charge in [-0.1, -0.05) is 24.3 Å². The number of rotatable bonds is 4. The Labute approximate surface area is 122 Å². The topological polar surface area (TPSA) is 75.3 Å². The van der Waals surface area contributed by atoms with E-state index in [1.54, 1.807) is 0 Å². The number of nitrogens with two attached hydrogens (primary N) is 1. The van der Waals surface area contributed by atoms with Crippen LogP contribution in [-0.4, -0.2) is 11.0 Å². The second-order valence-electron chi connectivity index (χ2n) is 4.80. The highest BCUT2D eigenvalue weighted by molar-refractivity contribution is 5.97. The molecular formula is C16H17FN2O2. The highest BCUT2D eigenvalue weighted by Gasteiger charge is 2.15. The van der Waals surface area contributed by atoms with Crippen LogP contribution in [0.1, 0.15) is 34.5 Å². The van der Waals surface area contributed by atoms with Gasteiger partial charge in [0.15, 0.2) is 0 Å². The average Bonchev–Trinajstić information content (AvgIpc) is 2.49. The van der Waals surface area contributed by atoms with Crippen LogP contribution in [0.5, 0.6) is 5.75 Å². The maximum absolute atomic E-state index is 13.1. The van der Waals surface area contributed by atoms with E-state index in [4.69, 9.17) is 5.73 Å². The second kappa shape index (κ2) is 6.37. The molecule has 2 aromatic carbocycles. The Bertz CT molecular complexity index is 641. The molecule has 0 heterocycles. The van der Waals surface area contributed by atoms with Crippen LogP contribution in [0.3, 0.4) is 0 Å². The van der Waals surface area contributed by atoms with Crippen LogP contribution in [0.4, 0.5) is 4.39 Å². The van der Waals surface area contributed by atoms with E-state index in [0.29, 0.717) is 6.54 Å². The predicted octanol–water partition coefficient (Wildman–Crippen LogP) is 2.48. The van der Waals surface area contributed by atoms with E-state index in [9.17, 15) is 14.3 Å². The van der Waals surface area contributed by atoms with Gasteiger partial charge >= 0.3 is 0 Å². The Morgan fingerprint density at radius 1 is 1.29 bits per heavy atom. The van der Waals surface area contributed by atoms with Crippen LogP contribution in [0.2, 0.25) is 0 Å². The average molecular weight is 288 g/mol. The molecule has 2 rings (SSSR count). The van der Waals surface area contributed by atoms with Crippen molar-refractivity contribution >= 4 is 5.91 Å². The van der Waals surface area contributed by atoms with Gasteiger partial charge in [0.25, 0.3) is 5.91 Å². The lowest BCUT2D eigenvalue weighted by Gasteiger charge is -2.15. The zero-order chi connectivity index (χ0) is 15.4. The molecule has 0 saturated carbocycles. The molecule has 0 aliphatic carbocycles. The molecule has 110 valence electrons. The molecule has 2 aromatic rings. The smallest absolute Gasteiger partial charge is 0.255 e. The van der Waals surface area contributed by atoms with Crippen LogP contribution in [0.25, 0.3) is 0 Å². The minimum absolute atomic E-state index is 0.0829. The Hall–Kier alpha value is -2.40. The van der Waals surface area contributed by atoms with Crippen molar-refractivity contribution in [3.8, 4) is 5.75 Å². The molecule has 21 heavy (non-hydrogen) atoms. The number of nitrogens with one attached hydrogen (secondary N) is 1. The summed E-state index contributed by atoms with van der Waals surface area (Å²) in [6.45, 7) is 2.27. The predicted molar refractivity (Wildman–Crippen MR) is 78.3 cm³/mol. The third kappa shape index (κ3) is 3.58. The van der Waals surface area contributed by atoms with Crippen LogP contribution in [-0.2, 0) is 6.54 Å². The molecule has 0 aliphatic rings. The van der Waals surface area contributed by atoms with Crippen molar-refractivity contribution < 1.29 is 14.3 Å². The molecule has 1 unspecified atom stereocenters. The molecule has 0 aromatic heterocycles. The van der Waals surface area contributed by atoms with Crippen LogP contribution in [0.15, 0.2) is 42.5 Å². The number of phenols is 1. The maximum atomic E-state index is 13.1. The number of carbonyl (C=O) groups excluding carboxylic acids is 1. The molecule has 0 bridgehead atoms. The standard InChI is InChI=1S/C16H17FN2O2/c1-10(12-4-2-11(9-18)3-5-12)19-16(21)14-8-13(17)6-7-15(14)20/h2-8,10,20H,9,18H2,1H3,(H,19,21). The molecule has 0 fully saturated rings. The summed E-state index contributed by atoms with van der Waals surface area (Å²) in [5, 5.41) is 12.3. The van der Waals surface area contributed by atoms with Crippen LogP contribution in [0, 0.1) is 5.82 Å². The molecule has 0 radical (unpaired) electrons. The maximum Gasteiger partial charge on any atom is 0.255 e. The van der Waals surface area contributed by atoms with Crippen molar-refractivity contribution in [2.75, 3.05) is 0 Å². The van der Waals surface area contributed by atoms with Gasteiger partial charge in [0, 0.05) is 6.54 Å². The van der Waals surface area contributed by atoms with E-state index in [2.05, 4.69) is 5.32 Å². The summed E-state index contributed by atoms with van der Waals surface area (Å²) in [4.78, 5) is 12.1. The largest absolute Gasteiger partial charge is 0.507 e. The lowest BCUT2D eigenvalue weighted by molar-refractivity contribution is 0.0936. The number of carbonyl (C=O) groups is 1. The third-order valence-electron chi connectivity index (χ3n) is 3.27. The van der Waals surface area contributed by atoms with Crippen molar-refractivity contribution in [1.82, 2.24) is 5.32 Å². The second-order valence-corrected chi connectivity index (χ2v) is 4.80. The molecule has 4 N–H and O–H groups in total. The van der Waals surface area contributed by atoms with Crippen molar-refractivity contribution in [1.29, 1.82) is 0 Å². The molecule has 0 spiro atoms. The first-order valence-electron chi connectivity index (χ1n) is 6.59. The van der Waals surface area contributed by atoms with E-state index in [0.717, 1.165) is 29.3 Å². The van der Waals surface area contributed by atoms with E-state index in [1.807, 2.05) is 31.2 Å². The minimum Gasteiger partial charge on any atom is -0.507 e. The molecule has 0 saturated heterocycles. The van der Waals surface area contributed by atoms with Crippen molar-refractivity contribution in [3.05, 3.63) is 65.0 Å². The van der Waals surface area contributed by atoms with Gasteiger partial charge in [0.05, 0.1) is 11.6 Å². The summed E-state index contributed by atoms with van der Waals surface area (Å²) < 4.78 is 13.1. The zero-order valence-electron chi connectivity index (χ0n) is 11.6. The number of benzene rings is 2. The number of halogens is 1. The summed E-state index contributed by atoms with van der Waals surface area (Å²) in [5.74, 6) is -1.35. The first-order chi connectivity index (χ1) is 10.0. The van der Waals surface area contributed by atoms with Gasteiger partial charge in [-0.2, -0.15) is 0 Å². The van der Waals surface area contributed by atoms with Gasteiger partial charge in [-0.05, 0) is 36.2 Å². The van der Waals surface area contributed by atoms with E-state index in [-0.39, 0.29) is 17.4 Å². The number of hydrogen-bond donors (Lipinski definition) is 3.